The third-order valence-electron chi connectivity index (χ3n) is 4.58. The fourth-order valence-electron chi connectivity index (χ4n) is 3.16. The van der Waals surface area contributed by atoms with Gasteiger partial charge in [0.25, 0.3) is 0 Å². The minimum absolute atomic E-state index is 0.105. The molecule has 3 rings (SSSR count). The van der Waals surface area contributed by atoms with Crippen molar-refractivity contribution < 1.29 is 9.47 Å². The van der Waals surface area contributed by atoms with Gasteiger partial charge in [-0.3, -0.25) is 0 Å². The second-order valence-corrected chi connectivity index (χ2v) is 7.61. The third kappa shape index (κ3) is 5.84. The van der Waals surface area contributed by atoms with E-state index in [1.165, 1.54) is 11.3 Å². The first-order valence-corrected chi connectivity index (χ1v) is 10.2. The van der Waals surface area contributed by atoms with Gasteiger partial charge in [0, 0.05) is 30.5 Å². The number of benzene rings is 2. The summed E-state index contributed by atoms with van der Waals surface area (Å²) in [7, 11) is 0. The highest BCUT2D eigenvalue weighted by molar-refractivity contribution is 7.80. The Morgan fingerprint density at radius 3 is 2.46 bits per heavy atom. The van der Waals surface area contributed by atoms with Gasteiger partial charge in [0.15, 0.2) is 5.11 Å². The lowest BCUT2D eigenvalue weighted by atomic mass is 10.1. The van der Waals surface area contributed by atoms with Crippen molar-refractivity contribution in [2.24, 2.45) is 0 Å². The second kappa shape index (κ2) is 9.75. The molecule has 1 saturated heterocycles. The standard InChI is InChI=1S/C22H29N3O2S/c1-16(2)27-21-6-4-5-19(15-21)24-22(28)23-17(3)18-7-9-20(10-8-18)25-11-13-26-14-12-25/h4-10,15-17H,11-14H2,1-3H3,(H2,23,24,28)/t17-/m0/s1. The first-order chi connectivity index (χ1) is 13.5. The van der Waals surface area contributed by atoms with Gasteiger partial charge in [-0.15, -0.1) is 0 Å². The fourth-order valence-corrected chi connectivity index (χ4v) is 3.46. The van der Waals surface area contributed by atoms with E-state index in [0.29, 0.717) is 5.11 Å². The van der Waals surface area contributed by atoms with Crippen LogP contribution in [0.1, 0.15) is 32.4 Å². The number of hydrogen-bond donors (Lipinski definition) is 2. The van der Waals surface area contributed by atoms with Crippen LogP contribution < -0.4 is 20.3 Å². The molecular weight excluding hydrogens is 370 g/mol. The Bertz CT molecular complexity index is 774. The normalized spacial score (nSPS) is 15.2. The minimum Gasteiger partial charge on any atom is -0.491 e. The molecule has 0 bridgehead atoms. The van der Waals surface area contributed by atoms with E-state index >= 15 is 0 Å². The Morgan fingerprint density at radius 1 is 1.07 bits per heavy atom. The van der Waals surface area contributed by atoms with E-state index < -0.39 is 0 Å². The number of nitrogens with one attached hydrogen (secondary N) is 2. The summed E-state index contributed by atoms with van der Waals surface area (Å²) < 4.78 is 11.2. The van der Waals surface area contributed by atoms with Crippen LogP contribution in [0, 0.1) is 0 Å². The maximum absolute atomic E-state index is 5.73. The minimum atomic E-state index is 0.105. The van der Waals surface area contributed by atoms with Crippen molar-refractivity contribution in [2.45, 2.75) is 32.9 Å². The molecule has 0 radical (unpaired) electrons. The van der Waals surface area contributed by atoms with Crippen LogP contribution in [0.25, 0.3) is 0 Å². The van der Waals surface area contributed by atoms with Crippen LogP contribution in [0.5, 0.6) is 5.75 Å². The zero-order valence-corrected chi connectivity index (χ0v) is 17.6. The van der Waals surface area contributed by atoms with Gasteiger partial charge in [-0.25, -0.2) is 0 Å². The van der Waals surface area contributed by atoms with Gasteiger partial charge in [-0.1, -0.05) is 18.2 Å². The van der Waals surface area contributed by atoms with E-state index in [1.54, 1.807) is 0 Å². The van der Waals surface area contributed by atoms with Crippen molar-refractivity contribution in [3.63, 3.8) is 0 Å². The molecule has 1 heterocycles. The molecule has 2 aromatic carbocycles. The average molecular weight is 400 g/mol. The number of thiocarbonyl (C=S) groups is 1. The summed E-state index contributed by atoms with van der Waals surface area (Å²) in [5.41, 5.74) is 3.34. The summed E-state index contributed by atoms with van der Waals surface area (Å²) in [5, 5.41) is 7.18. The number of rotatable bonds is 6. The van der Waals surface area contributed by atoms with Crippen molar-refractivity contribution in [1.82, 2.24) is 5.32 Å². The Kier molecular flexibility index (Phi) is 7.12. The number of ether oxygens (including phenoxy) is 2. The first-order valence-electron chi connectivity index (χ1n) is 9.78. The Labute approximate surface area is 173 Å². The molecule has 0 amide bonds. The summed E-state index contributed by atoms with van der Waals surface area (Å²) in [6, 6.07) is 16.6. The highest BCUT2D eigenvalue weighted by Gasteiger charge is 2.12. The van der Waals surface area contributed by atoms with Gasteiger partial charge < -0.3 is 25.0 Å². The van der Waals surface area contributed by atoms with Crippen LogP contribution in [0.15, 0.2) is 48.5 Å². The van der Waals surface area contributed by atoms with Crippen LogP contribution in [-0.2, 0) is 4.74 Å². The lowest BCUT2D eigenvalue weighted by molar-refractivity contribution is 0.122. The Hall–Kier alpha value is -2.31. The van der Waals surface area contributed by atoms with Crippen LogP contribution in [-0.4, -0.2) is 37.5 Å². The molecule has 150 valence electrons. The van der Waals surface area contributed by atoms with Gasteiger partial charge in [0.2, 0.25) is 0 Å². The molecule has 0 spiro atoms. The molecule has 0 saturated carbocycles. The summed E-state index contributed by atoms with van der Waals surface area (Å²) in [5.74, 6) is 0.828. The van der Waals surface area contributed by atoms with E-state index in [-0.39, 0.29) is 12.1 Å². The molecule has 6 heteroatoms. The highest BCUT2D eigenvalue weighted by atomic mass is 32.1. The van der Waals surface area contributed by atoms with Crippen molar-refractivity contribution >= 4 is 28.7 Å². The van der Waals surface area contributed by atoms with Gasteiger partial charge in [0.05, 0.1) is 25.4 Å². The number of anilines is 2. The lowest BCUT2D eigenvalue weighted by Gasteiger charge is -2.29. The molecule has 1 aliphatic rings. The molecule has 2 aromatic rings. The van der Waals surface area contributed by atoms with Gasteiger partial charge in [-0.2, -0.15) is 0 Å². The van der Waals surface area contributed by atoms with Crippen molar-refractivity contribution in [3.8, 4) is 5.75 Å². The quantitative estimate of drug-likeness (QED) is 0.704. The summed E-state index contributed by atoms with van der Waals surface area (Å²) in [4.78, 5) is 2.35. The van der Waals surface area contributed by atoms with Crippen LogP contribution in [0.3, 0.4) is 0 Å². The van der Waals surface area contributed by atoms with Crippen molar-refractivity contribution in [1.29, 1.82) is 0 Å². The molecule has 0 aromatic heterocycles. The maximum Gasteiger partial charge on any atom is 0.171 e. The van der Waals surface area contributed by atoms with Crippen LogP contribution in [0.4, 0.5) is 11.4 Å². The van der Waals surface area contributed by atoms with Crippen LogP contribution >= 0.6 is 12.2 Å². The predicted octanol–water partition coefficient (Wildman–Crippen LogP) is 4.36. The Balaban J connectivity index is 1.55. The number of hydrogen-bond acceptors (Lipinski definition) is 4. The first kappa shape index (κ1) is 20.4. The third-order valence-corrected chi connectivity index (χ3v) is 4.80. The summed E-state index contributed by atoms with van der Waals surface area (Å²) in [6.07, 6.45) is 0.140. The van der Waals surface area contributed by atoms with E-state index in [2.05, 4.69) is 46.7 Å². The monoisotopic (exact) mass is 399 g/mol. The highest BCUT2D eigenvalue weighted by Crippen LogP contribution is 2.21. The van der Waals surface area contributed by atoms with E-state index in [0.717, 1.165) is 37.7 Å². The molecule has 2 N–H and O–H groups in total. The van der Waals surface area contributed by atoms with Gasteiger partial charge in [0.1, 0.15) is 5.75 Å². The zero-order chi connectivity index (χ0) is 19.9. The topological polar surface area (TPSA) is 45.8 Å². The predicted molar refractivity (Wildman–Crippen MR) is 119 cm³/mol. The largest absolute Gasteiger partial charge is 0.491 e. The van der Waals surface area contributed by atoms with Gasteiger partial charge >= 0.3 is 0 Å². The number of nitrogens with zero attached hydrogens (tertiary/aromatic N) is 1. The van der Waals surface area contributed by atoms with E-state index in [9.17, 15) is 0 Å². The zero-order valence-electron chi connectivity index (χ0n) is 16.8. The Morgan fingerprint density at radius 2 is 1.79 bits per heavy atom. The molecule has 1 fully saturated rings. The SMILES string of the molecule is CC(C)Oc1cccc(NC(=S)N[C@@H](C)c2ccc(N3CCOCC3)cc2)c1. The molecule has 0 unspecified atom stereocenters. The van der Waals surface area contributed by atoms with Crippen molar-refractivity contribution in [3.05, 3.63) is 54.1 Å². The van der Waals surface area contributed by atoms with Crippen molar-refractivity contribution in [2.75, 3.05) is 36.5 Å². The molecular formula is C22H29N3O2S. The lowest BCUT2D eigenvalue weighted by Crippen LogP contribution is -2.36. The second-order valence-electron chi connectivity index (χ2n) is 7.21. The molecule has 5 nitrogen and oxygen atoms in total. The molecule has 1 atom stereocenters. The van der Waals surface area contributed by atoms with E-state index in [4.69, 9.17) is 21.7 Å². The molecule has 0 aliphatic carbocycles. The van der Waals surface area contributed by atoms with E-state index in [1.807, 2.05) is 38.1 Å². The number of morpholine rings is 1. The molecule has 1 aliphatic heterocycles. The van der Waals surface area contributed by atoms with Crippen LogP contribution in [0.2, 0.25) is 0 Å². The smallest absolute Gasteiger partial charge is 0.171 e. The summed E-state index contributed by atoms with van der Waals surface area (Å²) in [6.45, 7) is 9.61. The molecule has 28 heavy (non-hydrogen) atoms. The summed E-state index contributed by atoms with van der Waals surface area (Å²) >= 11 is 5.49. The fraction of sp³-hybridized carbons (Fsp3) is 0.409. The van der Waals surface area contributed by atoms with Gasteiger partial charge in [-0.05, 0) is 62.8 Å². The maximum atomic E-state index is 5.73. The average Bonchev–Trinajstić information content (AvgIpc) is 2.68.